The van der Waals surface area contributed by atoms with Gasteiger partial charge >= 0.3 is 6.03 Å². The molecule has 0 bridgehead atoms. The number of carbonyl (C=O) groups is 2. The Hall–Kier alpha value is -1.10. The molecule has 2 aliphatic rings. The third kappa shape index (κ3) is 2.51. The van der Waals surface area contributed by atoms with Crippen LogP contribution in [0.4, 0.5) is 4.79 Å². The van der Waals surface area contributed by atoms with E-state index in [9.17, 15) is 9.59 Å². The average molecular weight is 254 g/mol. The van der Waals surface area contributed by atoms with Crippen molar-refractivity contribution in [3.05, 3.63) is 0 Å². The molecule has 5 nitrogen and oxygen atoms in total. The van der Waals surface area contributed by atoms with Crippen molar-refractivity contribution in [3.63, 3.8) is 0 Å². The van der Waals surface area contributed by atoms with Gasteiger partial charge in [-0.3, -0.25) is 10.1 Å². The fraction of sp³-hybridized carbons (Fsp3) is 0.846. The Morgan fingerprint density at radius 1 is 1.28 bits per heavy atom. The van der Waals surface area contributed by atoms with Crippen LogP contribution in [0.5, 0.6) is 0 Å². The summed E-state index contributed by atoms with van der Waals surface area (Å²) in [6, 6.07) is -0.391. The number of ether oxygens (including phenoxy) is 1. The largest absolute Gasteiger partial charge is 0.376 e. The molecule has 0 aromatic carbocycles. The molecule has 1 atom stereocenters. The van der Waals surface area contributed by atoms with Gasteiger partial charge in [0.15, 0.2) is 0 Å². The van der Waals surface area contributed by atoms with Gasteiger partial charge < -0.3 is 10.1 Å². The SMILES string of the molecule is CC(C)OCC1(C2CCCCC2)NC(=O)NC1=O. The summed E-state index contributed by atoms with van der Waals surface area (Å²) in [4.78, 5) is 23.6. The summed E-state index contributed by atoms with van der Waals surface area (Å²) in [5, 5.41) is 5.18. The number of nitrogens with one attached hydrogen (secondary N) is 2. The topological polar surface area (TPSA) is 67.4 Å². The van der Waals surface area contributed by atoms with E-state index in [1.165, 1.54) is 6.42 Å². The predicted molar refractivity (Wildman–Crippen MR) is 67.1 cm³/mol. The zero-order valence-electron chi connectivity index (χ0n) is 11.1. The first kappa shape index (κ1) is 13.3. The number of imide groups is 1. The highest BCUT2D eigenvalue weighted by Crippen LogP contribution is 2.35. The highest BCUT2D eigenvalue weighted by atomic mass is 16.5. The van der Waals surface area contributed by atoms with E-state index in [4.69, 9.17) is 4.74 Å². The summed E-state index contributed by atoms with van der Waals surface area (Å²) in [6.07, 6.45) is 5.47. The maximum absolute atomic E-state index is 12.1. The van der Waals surface area contributed by atoms with Gasteiger partial charge in [0.2, 0.25) is 0 Å². The molecule has 0 aromatic heterocycles. The normalized spacial score (nSPS) is 29.5. The first-order valence-electron chi connectivity index (χ1n) is 6.80. The van der Waals surface area contributed by atoms with Gasteiger partial charge in [-0.15, -0.1) is 0 Å². The first-order chi connectivity index (χ1) is 8.54. The number of amides is 3. The molecule has 2 fully saturated rings. The van der Waals surface area contributed by atoms with Gasteiger partial charge in [0.1, 0.15) is 5.54 Å². The molecule has 2 N–H and O–H groups in total. The minimum absolute atomic E-state index is 0.0516. The van der Waals surface area contributed by atoms with Gasteiger partial charge in [-0.2, -0.15) is 0 Å². The zero-order chi connectivity index (χ0) is 13.2. The van der Waals surface area contributed by atoms with Crippen molar-refractivity contribution in [2.45, 2.75) is 57.6 Å². The highest BCUT2D eigenvalue weighted by Gasteiger charge is 2.52. The van der Waals surface area contributed by atoms with Crippen molar-refractivity contribution >= 4 is 11.9 Å². The fourth-order valence-electron chi connectivity index (χ4n) is 2.91. The molecule has 1 aliphatic heterocycles. The van der Waals surface area contributed by atoms with Crippen LogP contribution in [0, 0.1) is 5.92 Å². The van der Waals surface area contributed by atoms with Crippen molar-refractivity contribution in [1.82, 2.24) is 10.6 Å². The lowest BCUT2D eigenvalue weighted by Gasteiger charge is -2.37. The van der Waals surface area contributed by atoms with Gasteiger partial charge in [0.25, 0.3) is 5.91 Å². The lowest BCUT2D eigenvalue weighted by Crippen LogP contribution is -2.57. The Kier molecular flexibility index (Phi) is 3.90. The van der Waals surface area contributed by atoms with Crippen LogP contribution < -0.4 is 10.6 Å². The van der Waals surface area contributed by atoms with Crippen molar-refractivity contribution < 1.29 is 14.3 Å². The van der Waals surface area contributed by atoms with Gasteiger partial charge in [0, 0.05) is 0 Å². The second-order valence-electron chi connectivity index (χ2n) is 5.57. The molecule has 1 aliphatic carbocycles. The van der Waals surface area contributed by atoms with Crippen LogP contribution in [0.2, 0.25) is 0 Å². The Balaban J connectivity index is 2.15. The quantitative estimate of drug-likeness (QED) is 0.748. The Morgan fingerprint density at radius 2 is 1.94 bits per heavy atom. The third-order valence-electron chi connectivity index (χ3n) is 3.92. The van der Waals surface area contributed by atoms with Crippen molar-refractivity contribution in [2.24, 2.45) is 5.92 Å². The number of hydrogen-bond acceptors (Lipinski definition) is 3. The molecule has 18 heavy (non-hydrogen) atoms. The third-order valence-corrected chi connectivity index (χ3v) is 3.92. The number of carbonyl (C=O) groups excluding carboxylic acids is 2. The maximum atomic E-state index is 12.1. The highest BCUT2D eigenvalue weighted by molar-refractivity contribution is 6.07. The fourth-order valence-corrected chi connectivity index (χ4v) is 2.91. The smallest absolute Gasteiger partial charge is 0.322 e. The second-order valence-corrected chi connectivity index (χ2v) is 5.57. The maximum Gasteiger partial charge on any atom is 0.322 e. The Morgan fingerprint density at radius 3 is 2.44 bits per heavy atom. The molecule has 0 aromatic rings. The Labute approximate surface area is 108 Å². The summed E-state index contributed by atoms with van der Waals surface area (Å²) in [6.45, 7) is 4.14. The van der Waals surface area contributed by atoms with Gasteiger partial charge in [-0.1, -0.05) is 19.3 Å². The minimum Gasteiger partial charge on any atom is -0.376 e. The van der Waals surface area contributed by atoms with E-state index in [2.05, 4.69) is 10.6 Å². The first-order valence-corrected chi connectivity index (χ1v) is 6.80. The lowest BCUT2D eigenvalue weighted by molar-refractivity contribution is -0.130. The molecule has 1 heterocycles. The average Bonchev–Trinajstić information content (AvgIpc) is 2.64. The summed E-state index contributed by atoms with van der Waals surface area (Å²) in [5.74, 6) is -0.0310. The summed E-state index contributed by atoms with van der Waals surface area (Å²) < 4.78 is 5.63. The number of urea groups is 1. The predicted octanol–water partition coefficient (Wildman–Crippen LogP) is 1.57. The molecular weight excluding hydrogens is 232 g/mol. The van der Waals surface area contributed by atoms with Crippen molar-refractivity contribution in [2.75, 3.05) is 6.61 Å². The van der Waals surface area contributed by atoms with Crippen LogP contribution in [0.3, 0.4) is 0 Å². The molecular formula is C13H22N2O3. The van der Waals surface area contributed by atoms with Gasteiger partial charge in [0.05, 0.1) is 12.7 Å². The molecule has 102 valence electrons. The lowest BCUT2D eigenvalue weighted by atomic mass is 9.75. The van der Waals surface area contributed by atoms with Crippen LogP contribution in [0.15, 0.2) is 0 Å². The van der Waals surface area contributed by atoms with Gasteiger partial charge in [-0.05, 0) is 32.6 Å². The summed E-state index contributed by atoms with van der Waals surface area (Å²) in [7, 11) is 0. The van der Waals surface area contributed by atoms with Crippen LogP contribution >= 0.6 is 0 Å². The molecule has 3 amide bonds. The molecule has 1 unspecified atom stereocenters. The van der Waals surface area contributed by atoms with E-state index in [1.54, 1.807) is 0 Å². The second kappa shape index (κ2) is 5.26. The van der Waals surface area contributed by atoms with Crippen LogP contribution in [-0.4, -0.2) is 30.2 Å². The van der Waals surface area contributed by atoms with E-state index in [0.29, 0.717) is 0 Å². The van der Waals surface area contributed by atoms with Gasteiger partial charge in [-0.25, -0.2) is 4.79 Å². The molecule has 0 spiro atoms. The van der Waals surface area contributed by atoms with Crippen LogP contribution in [0.1, 0.15) is 46.0 Å². The standard InChI is InChI=1S/C13H22N2O3/c1-9(2)18-8-13(10-6-4-3-5-7-10)11(16)14-12(17)15-13/h9-10H,3-8H2,1-2H3,(H2,14,15,16,17). The number of hydrogen-bond donors (Lipinski definition) is 2. The molecule has 5 heteroatoms. The molecule has 1 saturated heterocycles. The zero-order valence-corrected chi connectivity index (χ0v) is 11.1. The molecule has 1 saturated carbocycles. The van der Waals surface area contributed by atoms with Crippen LogP contribution in [0.25, 0.3) is 0 Å². The molecule has 0 radical (unpaired) electrons. The van der Waals surface area contributed by atoms with Crippen molar-refractivity contribution in [3.8, 4) is 0 Å². The summed E-state index contributed by atoms with van der Waals surface area (Å²) in [5.41, 5.74) is -0.845. The van der Waals surface area contributed by atoms with Crippen LogP contribution in [-0.2, 0) is 9.53 Å². The monoisotopic (exact) mass is 254 g/mol. The van der Waals surface area contributed by atoms with E-state index >= 15 is 0 Å². The minimum atomic E-state index is -0.845. The summed E-state index contributed by atoms with van der Waals surface area (Å²) >= 11 is 0. The van der Waals surface area contributed by atoms with E-state index in [-0.39, 0.29) is 24.5 Å². The van der Waals surface area contributed by atoms with E-state index < -0.39 is 11.6 Å². The van der Waals surface area contributed by atoms with Crippen molar-refractivity contribution in [1.29, 1.82) is 0 Å². The molecule has 2 rings (SSSR count). The van der Waals surface area contributed by atoms with E-state index in [0.717, 1.165) is 25.7 Å². The number of rotatable bonds is 4. The van der Waals surface area contributed by atoms with E-state index in [1.807, 2.05) is 13.8 Å². The Bertz CT molecular complexity index is 337.